The average molecular weight is 245 g/mol. The van der Waals surface area contributed by atoms with Gasteiger partial charge in [-0.25, -0.2) is 4.79 Å². The molecule has 2 aromatic rings. The third-order valence-electron chi connectivity index (χ3n) is 3.03. The van der Waals surface area contributed by atoms with Gasteiger partial charge in [0.05, 0.1) is 0 Å². The van der Waals surface area contributed by atoms with E-state index >= 15 is 0 Å². The average Bonchev–Trinajstić information content (AvgIpc) is 2.82. The Morgan fingerprint density at radius 2 is 2.06 bits per heavy atom. The van der Waals surface area contributed by atoms with Crippen LogP contribution in [0.3, 0.4) is 0 Å². The van der Waals surface area contributed by atoms with Gasteiger partial charge in [0.2, 0.25) is 0 Å². The summed E-state index contributed by atoms with van der Waals surface area (Å²) in [5.41, 5.74) is 1.72. The molecule has 4 nitrogen and oxygen atoms in total. The number of carbonyl (C=O) groups is 1. The minimum absolute atomic E-state index is 0.0960. The molecule has 0 amide bonds. The molecule has 1 atom stereocenters. The molecule has 0 fully saturated rings. The lowest BCUT2D eigenvalue weighted by atomic mass is 9.94. The molecule has 0 spiro atoms. The highest BCUT2D eigenvalue weighted by Crippen LogP contribution is 2.28. The van der Waals surface area contributed by atoms with E-state index < -0.39 is 5.97 Å². The Labute approximate surface area is 105 Å². The number of carboxylic acid groups (broad SMARTS) is 1. The lowest BCUT2D eigenvalue weighted by molar-refractivity contribution is 0.0693. The molecule has 1 aromatic heterocycles. The van der Waals surface area contributed by atoms with Crippen molar-refractivity contribution in [3.8, 4) is 0 Å². The van der Waals surface area contributed by atoms with Crippen molar-refractivity contribution in [3.63, 3.8) is 0 Å². The largest absolute Gasteiger partial charge is 0.477 e. The zero-order valence-corrected chi connectivity index (χ0v) is 10.4. The van der Waals surface area contributed by atoms with Crippen LogP contribution in [0.15, 0.2) is 34.9 Å². The van der Waals surface area contributed by atoms with Crippen LogP contribution >= 0.6 is 0 Å². The van der Waals surface area contributed by atoms with Gasteiger partial charge in [-0.15, -0.1) is 0 Å². The first-order valence-electron chi connectivity index (χ1n) is 5.91. The van der Waals surface area contributed by atoms with Crippen LogP contribution in [0, 0.1) is 0 Å². The minimum atomic E-state index is -0.981. The van der Waals surface area contributed by atoms with E-state index in [1.807, 2.05) is 44.2 Å². The van der Waals surface area contributed by atoms with Crippen LogP contribution in [0.4, 0.5) is 0 Å². The van der Waals surface area contributed by atoms with E-state index in [0.29, 0.717) is 17.9 Å². The topological polar surface area (TPSA) is 63.3 Å². The van der Waals surface area contributed by atoms with Gasteiger partial charge in [0.15, 0.2) is 5.76 Å². The SMILES string of the molecule is CCc1onc(C(C)c2ccccc2)c1C(=O)O. The molecule has 0 aliphatic heterocycles. The number of hydrogen-bond donors (Lipinski definition) is 1. The summed E-state index contributed by atoms with van der Waals surface area (Å²) < 4.78 is 5.12. The van der Waals surface area contributed by atoms with Crippen molar-refractivity contribution in [2.75, 3.05) is 0 Å². The summed E-state index contributed by atoms with van der Waals surface area (Å²) in [4.78, 5) is 11.3. The predicted molar refractivity (Wildman–Crippen MR) is 66.8 cm³/mol. The van der Waals surface area contributed by atoms with E-state index in [9.17, 15) is 9.90 Å². The molecule has 0 saturated heterocycles. The van der Waals surface area contributed by atoms with Gasteiger partial charge in [-0.3, -0.25) is 0 Å². The quantitative estimate of drug-likeness (QED) is 0.899. The van der Waals surface area contributed by atoms with Crippen molar-refractivity contribution >= 4 is 5.97 Å². The molecule has 94 valence electrons. The predicted octanol–water partition coefficient (Wildman–Crippen LogP) is 3.09. The fourth-order valence-corrected chi connectivity index (χ4v) is 2.00. The molecule has 1 aromatic carbocycles. The number of aryl methyl sites for hydroxylation is 1. The lowest BCUT2D eigenvalue weighted by Crippen LogP contribution is -2.06. The highest BCUT2D eigenvalue weighted by Gasteiger charge is 2.25. The van der Waals surface area contributed by atoms with Crippen LogP contribution in [0.5, 0.6) is 0 Å². The number of rotatable bonds is 4. The minimum Gasteiger partial charge on any atom is -0.477 e. The molecule has 0 bridgehead atoms. The standard InChI is InChI=1S/C14H15NO3/c1-3-11-12(14(16)17)13(15-18-11)9(2)10-7-5-4-6-8-10/h4-9H,3H2,1-2H3,(H,16,17). The van der Waals surface area contributed by atoms with E-state index in [1.165, 1.54) is 0 Å². The first-order valence-corrected chi connectivity index (χ1v) is 5.91. The molecule has 1 N–H and O–H groups in total. The van der Waals surface area contributed by atoms with Crippen molar-refractivity contribution in [1.29, 1.82) is 0 Å². The Balaban J connectivity index is 2.45. The second kappa shape index (κ2) is 5.04. The van der Waals surface area contributed by atoms with Crippen molar-refractivity contribution < 1.29 is 14.4 Å². The van der Waals surface area contributed by atoms with Crippen molar-refractivity contribution in [2.45, 2.75) is 26.2 Å². The summed E-state index contributed by atoms with van der Waals surface area (Å²) in [6.07, 6.45) is 0.524. The Morgan fingerprint density at radius 3 is 2.61 bits per heavy atom. The van der Waals surface area contributed by atoms with Gasteiger partial charge in [-0.05, 0) is 5.56 Å². The maximum atomic E-state index is 11.3. The van der Waals surface area contributed by atoms with Gasteiger partial charge in [-0.2, -0.15) is 0 Å². The van der Waals surface area contributed by atoms with E-state index in [1.54, 1.807) is 0 Å². The van der Waals surface area contributed by atoms with Crippen molar-refractivity contribution in [2.24, 2.45) is 0 Å². The maximum absolute atomic E-state index is 11.3. The fraction of sp³-hybridized carbons (Fsp3) is 0.286. The molecule has 1 heterocycles. The first kappa shape index (κ1) is 12.4. The fourth-order valence-electron chi connectivity index (χ4n) is 2.00. The highest BCUT2D eigenvalue weighted by molar-refractivity contribution is 5.90. The summed E-state index contributed by atoms with van der Waals surface area (Å²) >= 11 is 0. The van der Waals surface area contributed by atoms with E-state index in [0.717, 1.165) is 5.56 Å². The van der Waals surface area contributed by atoms with Gasteiger partial charge in [0, 0.05) is 12.3 Å². The monoisotopic (exact) mass is 245 g/mol. The third-order valence-corrected chi connectivity index (χ3v) is 3.03. The Hall–Kier alpha value is -2.10. The van der Waals surface area contributed by atoms with Gasteiger partial charge >= 0.3 is 5.97 Å². The number of benzene rings is 1. The summed E-state index contributed by atoms with van der Waals surface area (Å²) in [5, 5.41) is 13.2. The molecule has 0 radical (unpaired) electrons. The van der Waals surface area contributed by atoms with Crippen LogP contribution in [0.2, 0.25) is 0 Å². The summed E-state index contributed by atoms with van der Waals surface area (Å²) in [5.74, 6) is -0.646. The normalized spacial score (nSPS) is 12.3. The number of hydrogen-bond acceptors (Lipinski definition) is 3. The Kier molecular flexibility index (Phi) is 3.46. The molecule has 4 heteroatoms. The second-order valence-corrected chi connectivity index (χ2v) is 4.16. The van der Waals surface area contributed by atoms with Crippen LogP contribution < -0.4 is 0 Å². The van der Waals surface area contributed by atoms with Crippen LogP contribution in [-0.4, -0.2) is 16.2 Å². The molecular formula is C14H15NO3. The molecule has 0 aliphatic rings. The number of aromatic nitrogens is 1. The Morgan fingerprint density at radius 1 is 1.39 bits per heavy atom. The van der Waals surface area contributed by atoms with E-state index in [-0.39, 0.29) is 11.5 Å². The summed E-state index contributed by atoms with van der Waals surface area (Å²) in [7, 11) is 0. The highest BCUT2D eigenvalue weighted by atomic mass is 16.5. The second-order valence-electron chi connectivity index (χ2n) is 4.16. The summed E-state index contributed by atoms with van der Waals surface area (Å²) in [6.45, 7) is 3.78. The molecule has 0 aliphatic carbocycles. The third kappa shape index (κ3) is 2.14. The smallest absolute Gasteiger partial charge is 0.341 e. The molecular weight excluding hydrogens is 230 g/mol. The van der Waals surface area contributed by atoms with Crippen molar-refractivity contribution in [1.82, 2.24) is 5.16 Å². The van der Waals surface area contributed by atoms with Gasteiger partial charge in [-0.1, -0.05) is 49.3 Å². The number of carboxylic acids is 1. The van der Waals surface area contributed by atoms with Crippen LogP contribution in [0.1, 0.15) is 47.1 Å². The van der Waals surface area contributed by atoms with Crippen LogP contribution in [-0.2, 0) is 6.42 Å². The molecule has 18 heavy (non-hydrogen) atoms. The van der Waals surface area contributed by atoms with E-state index in [2.05, 4.69) is 5.16 Å². The van der Waals surface area contributed by atoms with Gasteiger partial charge in [0.1, 0.15) is 11.3 Å². The Bertz CT molecular complexity index is 545. The lowest BCUT2D eigenvalue weighted by Gasteiger charge is -2.09. The molecule has 0 saturated carbocycles. The molecule has 2 rings (SSSR count). The number of nitrogens with zero attached hydrogens (tertiary/aromatic N) is 1. The first-order chi connectivity index (χ1) is 8.65. The van der Waals surface area contributed by atoms with Crippen LogP contribution in [0.25, 0.3) is 0 Å². The van der Waals surface area contributed by atoms with Gasteiger partial charge < -0.3 is 9.63 Å². The van der Waals surface area contributed by atoms with Gasteiger partial charge in [0.25, 0.3) is 0 Å². The van der Waals surface area contributed by atoms with Crippen molar-refractivity contribution in [3.05, 3.63) is 52.9 Å². The zero-order valence-electron chi connectivity index (χ0n) is 10.4. The van der Waals surface area contributed by atoms with E-state index in [4.69, 9.17) is 4.52 Å². The zero-order chi connectivity index (χ0) is 13.1. The molecule has 1 unspecified atom stereocenters. The summed E-state index contributed by atoms with van der Waals surface area (Å²) in [6, 6.07) is 9.68. The maximum Gasteiger partial charge on any atom is 0.341 e. The number of aromatic carboxylic acids is 1.